The van der Waals surface area contributed by atoms with Crippen LogP contribution in [-0.4, -0.2) is 43.0 Å². The normalized spacial score (nSPS) is 28.9. The quantitative estimate of drug-likeness (QED) is 0.304. The molecule has 0 N–H and O–H groups in total. The molecule has 90 valence electrons. The Morgan fingerprint density at radius 2 is 2.06 bits per heavy atom. The molecule has 0 aromatic carbocycles. The van der Waals surface area contributed by atoms with E-state index < -0.39 is 20.9 Å². The summed E-state index contributed by atoms with van der Waals surface area (Å²) >= 11 is 0. The Hall–Kier alpha value is -0.750. The lowest BCUT2D eigenvalue weighted by Gasteiger charge is -2.34. The van der Waals surface area contributed by atoms with E-state index in [-0.39, 0.29) is 0 Å². The van der Waals surface area contributed by atoms with Crippen LogP contribution >= 0.6 is 0 Å². The predicted molar refractivity (Wildman–Crippen MR) is 55.5 cm³/mol. The number of hydrogen-bond donors (Lipinski definition) is 0. The highest BCUT2D eigenvalue weighted by molar-refractivity contribution is 8.04. The van der Waals surface area contributed by atoms with Crippen molar-refractivity contribution in [2.75, 3.05) is 13.2 Å². The van der Waals surface area contributed by atoms with Crippen LogP contribution in [0.1, 0.15) is 25.7 Å². The molecular weight excluding hydrogens is 232 g/mol. The third-order valence-electron chi connectivity index (χ3n) is 3.09. The van der Waals surface area contributed by atoms with Crippen LogP contribution in [0.5, 0.6) is 0 Å². The molecule has 1 spiro atoms. The first-order chi connectivity index (χ1) is 7.58. The zero-order chi connectivity index (χ0) is 11.6. The van der Waals surface area contributed by atoms with Gasteiger partial charge in [0, 0.05) is 12.8 Å². The Kier molecular flexibility index (Phi) is 3.12. The van der Waals surface area contributed by atoms with Crippen LogP contribution in [0.4, 0.5) is 0 Å². The van der Waals surface area contributed by atoms with Crippen LogP contribution in [0.3, 0.4) is 0 Å². The van der Waals surface area contributed by atoms with E-state index in [1.165, 1.54) is 0 Å². The summed E-state index contributed by atoms with van der Waals surface area (Å²) in [5.41, 5.74) is 8.92. The Morgan fingerprint density at radius 3 is 2.69 bits per heavy atom. The first-order valence-corrected chi connectivity index (χ1v) is 6.88. The highest BCUT2D eigenvalue weighted by atomic mass is 32.2. The lowest BCUT2D eigenvalue weighted by atomic mass is 9.94. The molecule has 1 aliphatic heterocycles. The first kappa shape index (κ1) is 11.7. The molecule has 0 bridgehead atoms. The van der Waals surface area contributed by atoms with E-state index in [2.05, 4.69) is 4.79 Å². The summed E-state index contributed by atoms with van der Waals surface area (Å²) in [4.78, 5) is 2.60. The van der Waals surface area contributed by atoms with Gasteiger partial charge in [-0.2, -0.15) is 4.79 Å². The van der Waals surface area contributed by atoms with Crippen molar-refractivity contribution in [1.82, 2.24) is 0 Å². The van der Waals surface area contributed by atoms with Gasteiger partial charge in [0.25, 0.3) is 0 Å². The summed E-state index contributed by atoms with van der Waals surface area (Å²) in [7, 11) is -3.50. The molecular formula is C9H14N2O4S. The SMILES string of the molecule is [N-]=[N+]=CS(=O)(=O)C1CCCC2(C1)OCCO2. The van der Waals surface area contributed by atoms with Crippen molar-refractivity contribution in [3.05, 3.63) is 5.53 Å². The lowest BCUT2D eigenvalue weighted by Crippen LogP contribution is -2.41. The Balaban J connectivity index is 2.16. The fourth-order valence-corrected chi connectivity index (χ4v) is 3.63. The van der Waals surface area contributed by atoms with E-state index in [1.54, 1.807) is 0 Å². The van der Waals surface area contributed by atoms with Crippen LogP contribution in [0.15, 0.2) is 0 Å². The molecule has 1 unspecified atom stereocenters. The molecule has 0 radical (unpaired) electrons. The van der Waals surface area contributed by atoms with Gasteiger partial charge in [0.2, 0.25) is 9.84 Å². The van der Waals surface area contributed by atoms with Gasteiger partial charge >= 0.3 is 5.55 Å². The maximum absolute atomic E-state index is 11.7. The number of nitrogens with zero attached hydrogens (tertiary/aromatic N) is 2. The second-order valence-corrected chi connectivity index (χ2v) is 6.19. The monoisotopic (exact) mass is 246 g/mol. The van der Waals surface area contributed by atoms with Gasteiger partial charge < -0.3 is 15.0 Å². The van der Waals surface area contributed by atoms with E-state index in [0.29, 0.717) is 31.6 Å². The van der Waals surface area contributed by atoms with Crippen molar-refractivity contribution in [2.24, 2.45) is 0 Å². The van der Waals surface area contributed by atoms with Crippen molar-refractivity contribution >= 4 is 15.4 Å². The Morgan fingerprint density at radius 1 is 1.38 bits per heavy atom. The van der Waals surface area contributed by atoms with Gasteiger partial charge in [-0.05, 0) is 12.8 Å². The molecule has 1 aliphatic carbocycles. The predicted octanol–water partition coefficient (Wildman–Crippen LogP) is 0.345. The van der Waals surface area contributed by atoms with Crippen molar-refractivity contribution in [3.8, 4) is 0 Å². The number of rotatable bonds is 2. The van der Waals surface area contributed by atoms with Gasteiger partial charge in [0.1, 0.15) is 0 Å². The van der Waals surface area contributed by atoms with Crippen molar-refractivity contribution < 1.29 is 22.7 Å². The maximum atomic E-state index is 11.7. The van der Waals surface area contributed by atoms with Gasteiger partial charge in [-0.1, -0.05) is 0 Å². The summed E-state index contributed by atoms with van der Waals surface area (Å²) in [6.07, 6.45) is 2.35. The minimum atomic E-state index is -3.50. The molecule has 1 atom stereocenters. The van der Waals surface area contributed by atoms with Gasteiger partial charge in [0.05, 0.1) is 18.5 Å². The molecule has 0 amide bonds. The number of ether oxygens (including phenoxy) is 2. The average molecular weight is 246 g/mol. The zero-order valence-corrected chi connectivity index (χ0v) is 9.65. The van der Waals surface area contributed by atoms with E-state index in [0.717, 1.165) is 12.8 Å². The topological polar surface area (TPSA) is 89.0 Å². The molecule has 0 aromatic rings. The minimum Gasteiger partial charge on any atom is -0.361 e. The van der Waals surface area contributed by atoms with Crippen LogP contribution in [-0.2, 0) is 19.3 Å². The Labute approximate surface area is 94.1 Å². The summed E-state index contributed by atoms with van der Waals surface area (Å²) in [5.74, 6) is -0.723. The third-order valence-corrected chi connectivity index (χ3v) is 4.81. The minimum absolute atomic E-state index is 0.321. The highest BCUT2D eigenvalue weighted by Crippen LogP contribution is 2.38. The smallest absolute Gasteiger partial charge is 0.361 e. The molecule has 2 aliphatic rings. The standard InChI is InChI=1S/C9H14N2O4S/c10-11-7-16(12,13)8-2-1-3-9(6-8)14-4-5-15-9/h7-8H,1-6H2. The molecule has 7 heteroatoms. The molecule has 1 heterocycles. The van der Waals surface area contributed by atoms with Crippen molar-refractivity contribution in [1.29, 1.82) is 0 Å². The molecule has 2 rings (SSSR count). The molecule has 1 saturated carbocycles. The molecule has 16 heavy (non-hydrogen) atoms. The maximum Gasteiger partial charge on any atom is 0.370 e. The van der Waals surface area contributed by atoms with Gasteiger partial charge in [0.15, 0.2) is 5.79 Å². The van der Waals surface area contributed by atoms with Gasteiger partial charge in [-0.25, -0.2) is 8.42 Å². The summed E-state index contributed by atoms with van der Waals surface area (Å²) < 4.78 is 34.4. The third kappa shape index (κ3) is 2.17. The first-order valence-electron chi connectivity index (χ1n) is 5.27. The molecule has 0 aromatic heterocycles. The molecule has 6 nitrogen and oxygen atoms in total. The largest absolute Gasteiger partial charge is 0.370 e. The number of hydrogen-bond acceptors (Lipinski definition) is 4. The molecule has 2 fully saturated rings. The Bertz CT molecular complexity index is 407. The summed E-state index contributed by atoms with van der Waals surface area (Å²) in [6, 6.07) is 0. The van der Waals surface area contributed by atoms with Crippen LogP contribution in [0, 0.1) is 0 Å². The van der Waals surface area contributed by atoms with Crippen LogP contribution in [0.25, 0.3) is 5.53 Å². The zero-order valence-electron chi connectivity index (χ0n) is 8.83. The van der Waals surface area contributed by atoms with Crippen LogP contribution < -0.4 is 0 Å². The van der Waals surface area contributed by atoms with Crippen molar-refractivity contribution in [3.63, 3.8) is 0 Å². The number of sulfone groups is 1. The second-order valence-electron chi connectivity index (χ2n) is 4.14. The van der Waals surface area contributed by atoms with E-state index in [4.69, 9.17) is 15.0 Å². The average Bonchev–Trinajstić information content (AvgIpc) is 2.66. The van der Waals surface area contributed by atoms with Gasteiger partial charge in [-0.15, -0.1) is 0 Å². The second kappa shape index (κ2) is 4.25. The van der Waals surface area contributed by atoms with E-state index in [9.17, 15) is 8.42 Å². The summed E-state index contributed by atoms with van der Waals surface area (Å²) in [6.45, 7) is 1.03. The summed E-state index contributed by atoms with van der Waals surface area (Å²) in [5, 5.41) is -0.574. The van der Waals surface area contributed by atoms with Gasteiger partial charge in [-0.3, -0.25) is 0 Å². The van der Waals surface area contributed by atoms with Crippen LogP contribution in [0.2, 0.25) is 0 Å². The lowest BCUT2D eigenvalue weighted by molar-refractivity contribution is -0.175. The van der Waals surface area contributed by atoms with E-state index >= 15 is 0 Å². The fraction of sp³-hybridized carbons (Fsp3) is 0.889. The van der Waals surface area contributed by atoms with E-state index in [1.807, 2.05) is 0 Å². The molecule has 1 saturated heterocycles. The fourth-order valence-electron chi connectivity index (χ4n) is 2.34. The van der Waals surface area contributed by atoms with Crippen molar-refractivity contribution in [2.45, 2.75) is 36.7 Å². The highest BCUT2D eigenvalue weighted by Gasteiger charge is 2.45.